The van der Waals surface area contributed by atoms with Gasteiger partial charge in [-0.15, -0.1) is 0 Å². The van der Waals surface area contributed by atoms with Crippen molar-refractivity contribution in [3.8, 4) is 0 Å². The van der Waals surface area contributed by atoms with Crippen LogP contribution in [0.5, 0.6) is 0 Å². The second-order valence-corrected chi connectivity index (χ2v) is 8.27. The third-order valence-electron chi connectivity index (χ3n) is 3.35. The number of sulfone groups is 1. The molecule has 1 aliphatic heterocycles. The molecule has 1 aliphatic rings. The number of benzene rings is 1. The summed E-state index contributed by atoms with van der Waals surface area (Å²) in [6, 6.07) is 6.33. The second kappa shape index (κ2) is 5.70. The molecule has 0 bridgehead atoms. The van der Waals surface area contributed by atoms with Crippen LogP contribution in [0, 0.1) is 5.82 Å². The minimum Gasteiger partial charge on any atom is -0.229 e. The summed E-state index contributed by atoms with van der Waals surface area (Å²) in [6.07, 6.45) is 2.96. The van der Waals surface area contributed by atoms with Crippen molar-refractivity contribution in [1.29, 1.82) is 0 Å². The van der Waals surface area contributed by atoms with Crippen LogP contribution < -0.4 is 0 Å². The van der Waals surface area contributed by atoms with E-state index in [4.69, 9.17) is 0 Å². The van der Waals surface area contributed by atoms with Crippen LogP contribution in [0.3, 0.4) is 0 Å². The van der Waals surface area contributed by atoms with E-state index in [2.05, 4.69) is 15.9 Å². The molecule has 0 saturated carbocycles. The van der Waals surface area contributed by atoms with Gasteiger partial charge in [0.2, 0.25) is 0 Å². The Morgan fingerprint density at radius 2 is 2.17 bits per heavy atom. The molecule has 2 atom stereocenters. The van der Waals surface area contributed by atoms with Gasteiger partial charge in [0.15, 0.2) is 9.84 Å². The van der Waals surface area contributed by atoms with Gasteiger partial charge in [0, 0.05) is 4.83 Å². The van der Waals surface area contributed by atoms with Crippen molar-refractivity contribution < 1.29 is 12.8 Å². The first-order valence-corrected chi connectivity index (χ1v) is 8.72. The van der Waals surface area contributed by atoms with Gasteiger partial charge in [0.1, 0.15) is 5.82 Å². The molecule has 1 fully saturated rings. The summed E-state index contributed by atoms with van der Waals surface area (Å²) in [5, 5.41) is -0.338. The molecule has 0 amide bonds. The van der Waals surface area contributed by atoms with Gasteiger partial charge in [-0.05, 0) is 37.0 Å². The van der Waals surface area contributed by atoms with Crippen molar-refractivity contribution in [2.24, 2.45) is 0 Å². The normalized spacial score (nSPS) is 24.7. The lowest BCUT2D eigenvalue weighted by Crippen LogP contribution is -2.36. The molecule has 2 nitrogen and oxygen atoms in total. The molecule has 5 heteroatoms. The van der Waals surface area contributed by atoms with E-state index in [0.29, 0.717) is 12.8 Å². The number of rotatable bonds is 3. The number of halogens is 2. The van der Waals surface area contributed by atoms with Crippen molar-refractivity contribution >= 4 is 25.8 Å². The molecule has 2 rings (SSSR count). The number of hydrogen-bond donors (Lipinski definition) is 0. The van der Waals surface area contributed by atoms with E-state index >= 15 is 0 Å². The average Bonchev–Trinajstić information content (AvgIpc) is 2.28. The topological polar surface area (TPSA) is 34.1 Å². The molecule has 0 spiro atoms. The van der Waals surface area contributed by atoms with Crippen molar-refractivity contribution in [1.82, 2.24) is 0 Å². The predicted octanol–water partition coefficient (Wildman–Crippen LogP) is 3.10. The summed E-state index contributed by atoms with van der Waals surface area (Å²) in [6.45, 7) is 0. The standard InChI is InChI=1S/C13H16BrFO2S/c14-12(9-10-4-3-5-11(15)8-10)13-6-1-2-7-18(13,16)17/h3-5,8,12-13H,1-2,6-7,9H2. The lowest BCUT2D eigenvalue weighted by atomic mass is 10.0. The Balaban J connectivity index is 2.09. The maximum absolute atomic E-state index is 13.1. The zero-order valence-corrected chi connectivity index (χ0v) is 12.4. The van der Waals surface area contributed by atoms with Gasteiger partial charge in [0.05, 0.1) is 11.0 Å². The lowest BCUT2D eigenvalue weighted by Gasteiger charge is -2.26. The first kappa shape index (κ1) is 14.0. The summed E-state index contributed by atoms with van der Waals surface area (Å²) in [4.78, 5) is -0.135. The Morgan fingerprint density at radius 1 is 1.39 bits per heavy atom. The molecule has 18 heavy (non-hydrogen) atoms. The van der Waals surface area contributed by atoms with Crippen molar-refractivity contribution in [3.63, 3.8) is 0 Å². The first-order chi connectivity index (χ1) is 8.49. The molecule has 1 saturated heterocycles. The highest BCUT2D eigenvalue weighted by Crippen LogP contribution is 2.28. The van der Waals surface area contributed by atoms with Crippen molar-refractivity contribution in [3.05, 3.63) is 35.6 Å². The van der Waals surface area contributed by atoms with Gasteiger partial charge in [-0.3, -0.25) is 0 Å². The monoisotopic (exact) mass is 334 g/mol. The summed E-state index contributed by atoms with van der Waals surface area (Å²) in [5.41, 5.74) is 0.831. The van der Waals surface area contributed by atoms with Crippen molar-refractivity contribution in [2.75, 3.05) is 5.75 Å². The van der Waals surface area contributed by atoms with Gasteiger partial charge in [-0.25, -0.2) is 12.8 Å². The van der Waals surface area contributed by atoms with E-state index in [9.17, 15) is 12.8 Å². The Hall–Kier alpha value is -0.420. The average molecular weight is 335 g/mol. The smallest absolute Gasteiger partial charge is 0.154 e. The fourth-order valence-electron chi connectivity index (χ4n) is 2.41. The minimum atomic E-state index is -2.99. The Bertz CT molecular complexity index is 515. The summed E-state index contributed by atoms with van der Waals surface area (Å²) >= 11 is 3.47. The highest BCUT2D eigenvalue weighted by atomic mass is 79.9. The molecule has 0 aromatic heterocycles. The second-order valence-electron chi connectivity index (χ2n) is 4.75. The molecule has 0 aliphatic carbocycles. The quantitative estimate of drug-likeness (QED) is 0.796. The van der Waals surface area contributed by atoms with Gasteiger partial charge in [-0.2, -0.15) is 0 Å². The Morgan fingerprint density at radius 3 is 2.83 bits per heavy atom. The highest BCUT2D eigenvalue weighted by molar-refractivity contribution is 9.09. The molecular weight excluding hydrogens is 319 g/mol. The minimum absolute atomic E-state index is 0.135. The SMILES string of the molecule is O=S1(=O)CCCCC1C(Br)Cc1cccc(F)c1. The maximum Gasteiger partial charge on any atom is 0.154 e. The van der Waals surface area contributed by atoms with Crippen LogP contribution in [-0.2, 0) is 16.3 Å². The zero-order chi connectivity index (χ0) is 13.2. The largest absolute Gasteiger partial charge is 0.229 e. The fourth-order valence-corrected chi connectivity index (χ4v) is 6.01. The van der Waals surface area contributed by atoms with Crippen LogP contribution >= 0.6 is 15.9 Å². The highest BCUT2D eigenvalue weighted by Gasteiger charge is 2.34. The molecule has 1 aromatic carbocycles. The molecule has 0 radical (unpaired) electrons. The predicted molar refractivity (Wildman–Crippen MR) is 74.2 cm³/mol. The Labute approximate surface area is 116 Å². The van der Waals surface area contributed by atoms with Crippen LogP contribution in [0.1, 0.15) is 24.8 Å². The third kappa shape index (κ3) is 3.32. The Kier molecular flexibility index (Phi) is 4.43. The van der Waals surface area contributed by atoms with Gasteiger partial charge < -0.3 is 0 Å². The van der Waals surface area contributed by atoms with Crippen LogP contribution in [-0.4, -0.2) is 24.2 Å². The third-order valence-corrected chi connectivity index (χ3v) is 7.01. The molecule has 2 unspecified atom stereocenters. The number of hydrogen-bond acceptors (Lipinski definition) is 2. The number of alkyl halides is 1. The van der Waals surface area contributed by atoms with Crippen LogP contribution in [0.2, 0.25) is 0 Å². The van der Waals surface area contributed by atoms with Gasteiger partial charge >= 0.3 is 0 Å². The molecule has 1 aromatic rings. The molecule has 0 N–H and O–H groups in total. The molecule has 1 heterocycles. The molecule has 100 valence electrons. The van der Waals surface area contributed by atoms with Gasteiger partial charge in [0.25, 0.3) is 0 Å². The van der Waals surface area contributed by atoms with Crippen LogP contribution in [0.25, 0.3) is 0 Å². The fraction of sp³-hybridized carbons (Fsp3) is 0.538. The van der Waals surface area contributed by atoms with E-state index in [1.165, 1.54) is 12.1 Å². The van der Waals surface area contributed by atoms with Crippen molar-refractivity contribution in [2.45, 2.75) is 35.8 Å². The summed E-state index contributed by atoms with van der Waals surface area (Å²) in [5.74, 6) is 0.00169. The first-order valence-electron chi connectivity index (χ1n) is 6.09. The van der Waals surface area contributed by atoms with E-state index < -0.39 is 9.84 Å². The zero-order valence-electron chi connectivity index (χ0n) is 9.98. The summed E-state index contributed by atoms with van der Waals surface area (Å²) < 4.78 is 37.0. The van der Waals surface area contributed by atoms with E-state index in [1.54, 1.807) is 6.07 Å². The summed E-state index contributed by atoms with van der Waals surface area (Å²) in [7, 11) is -2.99. The van der Waals surface area contributed by atoms with Crippen LogP contribution in [0.4, 0.5) is 4.39 Å². The lowest BCUT2D eigenvalue weighted by molar-refractivity contribution is 0.532. The van der Waals surface area contributed by atoms with Crippen LogP contribution in [0.15, 0.2) is 24.3 Å². The van der Waals surface area contributed by atoms with E-state index in [-0.39, 0.29) is 21.6 Å². The molecular formula is C13H16BrFO2S. The van der Waals surface area contributed by atoms with E-state index in [1.807, 2.05) is 6.07 Å². The maximum atomic E-state index is 13.1. The van der Waals surface area contributed by atoms with Gasteiger partial charge in [-0.1, -0.05) is 34.5 Å². The van der Waals surface area contributed by atoms with E-state index in [0.717, 1.165) is 18.4 Å².